The lowest BCUT2D eigenvalue weighted by Gasteiger charge is -2.46. The Kier molecular flexibility index (Phi) is 12.0. The van der Waals surface area contributed by atoms with E-state index in [1.165, 1.54) is 21.3 Å². The number of aliphatic hydroxyl groups is 2. The first-order chi connectivity index (χ1) is 21.1. The number of nitrogens with one attached hydrogen (secondary N) is 1. The largest absolute Gasteiger partial charge is 0.508 e. The topological polar surface area (TPSA) is 186 Å². The molecule has 1 saturated heterocycles. The number of aromatic hydroxyl groups is 2. The van der Waals surface area contributed by atoms with E-state index in [0.717, 1.165) is 11.6 Å². The summed E-state index contributed by atoms with van der Waals surface area (Å²) in [6.45, 7) is 12.8. The van der Waals surface area contributed by atoms with Gasteiger partial charge in [0.1, 0.15) is 36.4 Å². The van der Waals surface area contributed by atoms with Crippen molar-refractivity contribution in [2.75, 3.05) is 21.3 Å². The number of phenolic OH excluding ortho intramolecular Hbond substituents is 2. The number of esters is 1. The molecule has 45 heavy (non-hydrogen) atoms. The lowest BCUT2D eigenvalue weighted by Crippen LogP contribution is -2.58. The molecule has 2 aliphatic rings. The first-order valence-corrected chi connectivity index (χ1v) is 14.9. The van der Waals surface area contributed by atoms with Crippen LogP contribution in [0.4, 0.5) is 0 Å². The summed E-state index contributed by atoms with van der Waals surface area (Å²) in [6.07, 6.45) is -5.70. The minimum absolute atomic E-state index is 0.0115. The molecule has 5 N–H and O–H groups in total. The third-order valence-electron chi connectivity index (χ3n) is 9.02. The molecule has 252 valence electrons. The first-order valence-electron chi connectivity index (χ1n) is 14.9. The maximum atomic E-state index is 13.0. The van der Waals surface area contributed by atoms with E-state index in [0.29, 0.717) is 16.8 Å². The Labute approximate surface area is 264 Å². The van der Waals surface area contributed by atoms with Gasteiger partial charge in [-0.2, -0.15) is 0 Å². The lowest BCUT2D eigenvalue weighted by molar-refractivity contribution is -0.161. The van der Waals surface area contributed by atoms with Gasteiger partial charge < -0.3 is 49.5 Å². The number of ether oxygens (including phenoxy) is 4. The summed E-state index contributed by atoms with van der Waals surface area (Å²) in [5, 5.41) is 49.5. The molecule has 2 aliphatic heterocycles. The molecular weight excluding hydrogens is 588 g/mol. The first kappa shape index (κ1) is 36.2. The van der Waals surface area contributed by atoms with E-state index < -0.39 is 66.1 Å². The van der Waals surface area contributed by atoms with E-state index in [1.54, 1.807) is 20.8 Å². The third-order valence-corrected chi connectivity index (χ3v) is 9.02. The van der Waals surface area contributed by atoms with Crippen LogP contribution < -0.4 is 5.32 Å². The molecule has 0 aromatic heterocycles. The highest BCUT2D eigenvalue weighted by atomic mass is 16.6. The number of fused-ring (bicyclic) bond motifs is 1. The van der Waals surface area contributed by atoms with Gasteiger partial charge in [0, 0.05) is 50.9 Å². The molecule has 0 bridgehead atoms. The van der Waals surface area contributed by atoms with Crippen LogP contribution in [-0.2, 0) is 35.0 Å². The van der Waals surface area contributed by atoms with E-state index in [4.69, 9.17) is 23.8 Å². The Morgan fingerprint density at radius 1 is 1.16 bits per heavy atom. The van der Waals surface area contributed by atoms with Gasteiger partial charge in [-0.05, 0) is 31.4 Å². The van der Waals surface area contributed by atoms with Crippen molar-refractivity contribution in [2.45, 2.75) is 103 Å². The molecule has 13 heteroatoms. The second-order valence-corrected chi connectivity index (χ2v) is 12.6. The summed E-state index contributed by atoms with van der Waals surface area (Å²) in [5.74, 6) is -2.52. The fourth-order valence-corrected chi connectivity index (χ4v) is 5.93. The molecule has 0 saturated carbocycles. The van der Waals surface area contributed by atoms with E-state index in [9.17, 15) is 30.0 Å². The summed E-state index contributed by atoms with van der Waals surface area (Å²) in [4.78, 5) is 31.0. The molecule has 1 amide bonds. The molecule has 3 rings (SSSR count). The average Bonchev–Trinajstić information content (AvgIpc) is 2.98. The van der Waals surface area contributed by atoms with E-state index in [-0.39, 0.29) is 42.7 Å². The molecular formula is C32H48N2O11. The zero-order chi connectivity index (χ0) is 33.8. The Morgan fingerprint density at radius 3 is 2.40 bits per heavy atom. The predicted octanol–water partition coefficient (Wildman–Crippen LogP) is 2.49. The van der Waals surface area contributed by atoms with Crippen molar-refractivity contribution in [3.63, 3.8) is 0 Å². The summed E-state index contributed by atoms with van der Waals surface area (Å²) in [6, 6.07) is 1.11. The van der Waals surface area contributed by atoms with Crippen LogP contribution in [-0.4, -0.2) is 102 Å². The van der Waals surface area contributed by atoms with Crippen LogP contribution in [0.3, 0.4) is 0 Å². The number of hydrogen-bond donors (Lipinski definition) is 5. The number of hydrogen-bond acceptors (Lipinski definition) is 12. The number of carbonyl (C=O) groups excluding carboxylic acids is 2. The predicted molar refractivity (Wildman–Crippen MR) is 164 cm³/mol. The second kappa shape index (κ2) is 14.9. The molecule has 1 fully saturated rings. The normalized spacial score (nSPS) is 25.3. The van der Waals surface area contributed by atoms with Gasteiger partial charge in [-0.1, -0.05) is 31.5 Å². The van der Waals surface area contributed by atoms with Gasteiger partial charge in [0.25, 0.3) is 5.91 Å². The summed E-state index contributed by atoms with van der Waals surface area (Å²) >= 11 is 0. The van der Waals surface area contributed by atoms with Gasteiger partial charge in [0.15, 0.2) is 12.3 Å². The number of amides is 1. The van der Waals surface area contributed by atoms with Gasteiger partial charge in [-0.3, -0.25) is 4.79 Å². The smallest absolute Gasteiger partial charge is 0.342 e. The highest BCUT2D eigenvalue weighted by molar-refractivity contribution is 5.96. The zero-order valence-electron chi connectivity index (χ0n) is 27.3. The number of methoxy groups -OCH3 is 2. The highest BCUT2D eigenvalue weighted by Crippen LogP contribution is 2.41. The quantitative estimate of drug-likeness (QED) is 0.0927. The van der Waals surface area contributed by atoms with Crippen LogP contribution in [0.15, 0.2) is 23.4 Å². The van der Waals surface area contributed by atoms with E-state index in [1.807, 2.05) is 13.8 Å². The second-order valence-electron chi connectivity index (χ2n) is 12.6. The van der Waals surface area contributed by atoms with Crippen molar-refractivity contribution in [3.8, 4) is 11.5 Å². The fraction of sp³-hybridized carbons (Fsp3) is 0.656. The van der Waals surface area contributed by atoms with Crippen LogP contribution in [0.5, 0.6) is 11.5 Å². The Hall–Kier alpha value is -3.23. The Morgan fingerprint density at radius 2 is 1.82 bits per heavy atom. The number of carbonyl (C=O) groups is 2. The van der Waals surface area contributed by atoms with Gasteiger partial charge in [-0.15, -0.1) is 6.58 Å². The van der Waals surface area contributed by atoms with Crippen LogP contribution in [0.2, 0.25) is 0 Å². The molecule has 2 heterocycles. The maximum Gasteiger partial charge on any atom is 0.342 e. The average molecular weight is 637 g/mol. The summed E-state index contributed by atoms with van der Waals surface area (Å²) in [5.41, 5.74) is 1.57. The van der Waals surface area contributed by atoms with Crippen molar-refractivity contribution in [1.29, 1.82) is 0 Å². The summed E-state index contributed by atoms with van der Waals surface area (Å²) < 4.78 is 23.0. The monoisotopic (exact) mass is 636 g/mol. The van der Waals surface area contributed by atoms with Crippen molar-refractivity contribution in [2.24, 2.45) is 16.5 Å². The van der Waals surface area contributed by atoms with Crippen molar-refractivity contribution < 1.29 is 53.8 Å². The zero-order valence-corrected chi connectivity index (χ0v) is 27.3. The minimum atomic E-state index is -1.49. The standard InChI is InChI=1S/C32H48N2O11/c1-15(2)10-23(41-7)28(38)29(39)33-30(42-8)24-14-25(34-43-9)32(5,6)26(44-24)13-20(36)17(4)22-11-18-16(3)19(35)12-21(37)27(18)31(40)45-22/h12,17,20,22-24,26,28,30,35-38H,1,10-11,13-14H2,2-9H3,(H,33,39)/b34-25+. The van der Waals surface area contributed by atoms with Crippen LogP contribution in [0.25, 0.3) is 0 Å². The minimum Gasteiger partial charge on any atom is -0.508 e. The van der Waals surface area contributed by atoms with Gasteiger partial charge in [0.2, 0.25) is 0 Å². The van der Waals surface area contributed by atoms with Gasteiger partial charge in [0.05, 0.1) is 24.0 Å². The Balaban J connectivity index is 1.80. The van der Waals surface area contributed by atoms with E-state index in [2.05, 4.69) is 17.1 Å². The maximum absolute atomic E-state index is 13.0. The number of phenols is 2. The number of rotatable bonds is 13. The molecule has 0 radical (unpaired) electrons. The Bertz CT molecular complexity index is 1280. The third kappa shape index (κ3) is 7.95. The number of cyclic esters (lactones) is 1. The molecule has 0 aliphatic carbocycles. The molecule has 8 unspecified atom stereocenters. The number of oxime groups is 1. The van der Waals surface area contributed by atoms with Gasteiger partial charge in [-0.25, -0.2) is 4.79 Å². The SMILES string of the molecule is C=C(C)CC(OC)C(O)C(=O)NC(OC)C1C/C(=N\OC)C(C)(C)C(CC(O)C(C)C2Cc3c(C)c(O)cc(O)c3C(=O)O2)O1. The number of aliphatic hydroxyl groups excluding tert-OH is 2. The fourth-order valence-electron chi connectivity index (χ4n) is 5.93. The molecule has 13 nitrogen and oxygen atoms in total. The van der Waals surface area contributed by atoms with Crippen molar-refractivity contribution >= 4 is 17.6 Å². The molecule has 0 spiro atoms. The number of benzene rings is 1. The number of nitrogens with zero attached hydrogens (tertiary/aromatic N) is 1. The van der Waals surface area contributed by atoms with Crippen LogP contribution in [0.1, 0.15) is 68.4 Å². The van der Waals surface area contributed by atoms with Crippen molar-refractivity contribution in [1.82, 2.24) is 5.32 Å². The van der Waals surface area contributed by atoms with Crippen molar-refractivity contribution in [3.05, 3.63) is 34.9 Å². The molecule has 1 aromatic carbocycles. The van der Waals surface area contributed by atoms with Crippen LogP contribution in [0, 0.1) is 18.3 Å². The molecule has 1 aromatic rings. The van der Waals surface area contributed by atoms with Gasteiger partial charge >= 0.3 is 5.97 Å². The summed E-state index contributed by atoms with van der Waals surface area (Å²) in [7, 11) is 4.22. The highest BCUT2D eigenvalue weighted by Gasteiger charge is 2.48. The van der Waals surface area contributed by atoms with E-state index >= 15 is 0 Å². The molecule has 8 atom stereocenters. The lowest BCUT2D eigenvalue weighted by atomic mass is 9.73. The van der Waals surface area contributed by atoms with Crippen LogP contribution >= 0.6 is 0 Å².